The minimum Gasteiger partial charge on any atom is -0.464 e. The Hall–Kier alpha value is -2.46. The van der Waals surface area contributed by atoms with Crippen LogP contribution in [-0.4, -0.2) is 41.9 Å². The average Bonchev–Trinajstić information content (AvgIpc) is 2.60. The summed E-state index contributed by atoms with van der Waals surface area (Å²) in [6.45, 7) is 3.48. The van der Waals surface area contributed by atoms with Crippen LogP contribution in [0, 0.1) is 0 Å². The molecule has 25 heavy (non-hydrogen) atoms. The zero-order chi connectivity index (χ0) is 17.7. The fourth-order valence-corrected chi connectivity index (χ4v) is 3.30. The maximum atomic E-state index is 13.5. The number of benzene rings is 2. The molecule has 4 heteroatoms. The second kappa shape index (κ2) is 7.62. The second-order valence-corrected chi connectivity index (χ2v) is 6.28. The zero-order valence-electron chi connectivity index (χ0n) is 14.5. The number of ether oxygens (including phenoxy) is 1. The SMILES string of the molecule is CCOC(=O)C(Cc1ccccc1)(C(=O)c1ccccc1)N1CCC1. The molecule has 2 aromatic rings. The van der Waals surface area contributed by atoms with Crippen molar-refractivity contribution in [3.8, 4) is 0 Å². The lowest BCUT2D eigenvalue weighted by atomic mass is 9.80. The number of esters is 1. The van der Waals surface area contributed by atoms with Crippen LogP contribution in [0.1, 0.15) is 29.3 Å². The number of likely N-dealkylation sites (tertiary alicyclic amines) is 1. The van der Waals surface area contributed by atoms with E-state index >= 15 is 0 Å². The minimum absolute atomic E-state index is 0.185. The lowest BCUT2D eigenvalue weighted by Gasteiger charge is -2.45. The molecule has 0 aliphatic carbocycles. The Morgan fingerprint density at radius 1 is 1.00 bits per heavy atom. The van der Waals surface area contributed by atoms with Crippen molar-refractivity contribution in [3.05, 3.63) is 71.8 Å². The summed E-state index contributed by atoms with van der Waals surface area (Å²) in [7, 11) is 0. The van der Waals surface area contributed by atoms with E-state index in [9.17, 15) is 9.59 Å². The number of nitrogens with zero attached hydrogens (tertiary/aromatic N) is 1. The Bertz CT molecular complexity index is 725. The number of rotatable bonds is 7. The van der Waals surface area contributed by atoms with E-state index < -0.39 is 11.5 Å². The molecule has 0 bridgehead atoms. The Morgan fingerprint density at radius 3 is 2.12 bits per heavy atom. The molecule has 0 aromatic heterocycles. The predicted molar refractivity (Wildman–Crippen MR) is 96.5 cm³/mol. The van der Waals surface area contributed by atoms with Gasteiger partial charge in [0.05, 0.1) is 6.61 Å². The summed E-state index contributed by atoms with van der Waals surface area (Å²) in [4.78, 5) is 28.5. The summed E-state index contributed by atoms with van der Waals surface area (Å²) in [6, 6.07) is 18.7. The molecule has 1 unspecified atom stereocenters. The Labute approximate surface area is 148 Å². The molecular formula is C21H23NO3. The third kappa shape index (κ3) is 3.35. The average molecular weight is 337 g/mol. The van der Waals surface area contributed by atoms with Gasteiger partial charge in [-0.15, -0.1) is 0 Å². The van der Waals surface area contributed by atoms with E-state index in [1.54, 1.807) is 19.1 Å². The maximum Gasteiger partial charge on any atom is 0.335 e. The van der Waals surface area contributed by atoms with Crippen LogP contribution in [0.15, 0.2) is 60.7 Å². The molecule has 0 radical (unpaired) electrons. The molecule has 130 valence electrons. The molecule has 0 N–H and O–H groups in total. The van der Waals surface area contributed by atoms with E-state index in [2.05, 4.69) is 0 Å². The predicted octanol–water partition coefficient (Wildman–Crippen LogP) is 3.12. The number of Topliss-reactive ketones (excluding diaryl/α,β-unsaturated/α-hetero) is 1. The molecule has 3 rings (SSSR count). The smallest absolute Gasteiger partial charge is 0.335 e. The van der Waals surface area contributed by atoms with E-state index in [-0.39, 0.29) is 12.4 Å². The third-order valence-electron chi connectivity index (χ3n) is 4.72. The first-order chi connectivity index (χ1) is 12.2. The second-order valence-electron chi connectivity index (χ2n) is 6.28. The molecule has 4 nitrogen and oxygen atoms in total. The summed E-state index contributed by atoms with van der Waals surface area (Å²) in [6.07, 6.45) is 1.30. The lowest BCUT2D eigenvalue weighted by Crippen LogP contribution is -2.66. The van der Waals surface area contributed by atoms with Gasteiger partial charge in [-0.25, -0.2) is 4.79 Å². The highest BCUT2D eigenvalue weighted by molar-refractivity contribution is 6.16. The van der Waals surface area contributed by atoms with Crippen molar-refractivity contribution in [2.24, 2.45) is 0 Å². The summed E-state index contributed by atoms with van der Waals surface area (Å²) in [5, 5.41) is 0. The first-order valence-corrected chi connectivity index (χ1v) is 8.74. The Morgan fingerprint density at radius 2 is 1.60 bits per heavy atom. The van der Waals surface area contributed by atoms with Crippen molar-refractivity contribution in [1.82, 2.24) is 4.90 Å². The van der Waals surface area contributed by atoms with Crippen molar-refractivity contribution in [2.45, 2.75) is 25.3 Å². The molecule has 1 heterocycles. The van der Waals surface area contributed by atoms with E-state index in [0.29, 0.717) is 12.0 Å². The maximum absolute atomic E-state index is 13.5. The van der Waals surface area contributed by atoms with Gasteiger partial charge >= 0.3 is 5.97 Å². The van der Waals surface area contributed by atoms with Gasteiger partial charge in [-0.1, -0.05) is 60.7 Å². The van der Waals surface area contributed by atoms with E-state index in [0.717, 1.165) is 25.1 Å². The van der Waals surface area contributed by atoms with Gasteiger partial charge in [-0.05, 0) is 18.9 Å². The van der Waals surface area contributed by atoms with Crippen LogP contribution >= 0.6 is 0 Å². The van der Waals surface area contributed by atoms with Crippen LogP contribution in [0.5, 0.6) is 0 Å². The van der Waals surface area contributed by atoms with Crippen molar-refractivity contribution < 1.29 is 14.3 Å². The molecule has 0 saturated carbocycles. The van der Waals surface area contributed by atoms with Gasteiger partial charge in [0.1, 0.15) is 0 Å². The van der Waals surface area contributed by atoms with Crippen LogP contribution in [0.3, 0.4) is 0 Å². The standard InChI is InChI=1S/C21H23NO3/c1-2-25-20(24)21(22-14-9-15-22,16-17-10-5-3-6-11-17)19(23)18-12-7-4-8-13-18/h3-8,10-13H,2,9,14-16H2,1H3. The van der Waals surface area contributed by atoms with Gasteiger partial charge < -0.3 is 4.74 Å². The molecule has 1 fully saturated rings. The number of carbonyl (C=O) groups excluding carboxylic acids is 2. The quantitative estimate of drug-likeness (QED) is 0.442. The van der Waals surface area contributed by atoms with Gasteiger partial charge in [-0.3, -0.25) is 9.69 Å². The summed E-state index contributed by atoms with van der Waals surface area (Å²) in [5.41, 5.74) is 0.196. The van der Waals surface area contributed by atoms with Crippen LogP contribution < -0.4 is 0 Å². The van der Waals surface area contributed by atoms with Gasteiger partial charge in [0.15, 0.2) is 11.3 Å². The summed E-state index contributed by atoms with van der Waals surface area (Å²) in [5.74, 6) is -0.637. The van der Waals surface area contributed by atoms with Crippen molar-refractivity contribution in [2.75, 3.05) is 19.7 Å². The van der Waals surface area contributed by atoms with E-state index in [1.165, 1.54) is 0 Å². The minimum atomic E-state index is -1.29. The number of hydrogen-bond donors (Lipinski definition) is 0. The highest BCUT2D eigenvalue weighted by Crippen LogP contribution is 2.31. The topological polar surface area (TPSA) is 46.6 Å². The van der Waals surface area contributed by atoms with Gasteiger partial charge in [0.25, 0.3) is 0 Å². The van der Waals surface area contributed by atoms with Crippen molar-refractivity contribution in [1.29, 1.82) is 0 Å². The van der Waals surface area contributed by atoms with Crippen LogP contribution in [0.2, 0.25) is 0 Å². The van der Waals surface area contributed by atoms with Crippen LogP contribution in [-0.2, 0) is 16.0 Å². The fraction of sp³-hybridized carbons (Fsp3) is 0.333. The highest BCUT2D eigenvalue weighted by Gasteiger charge is 2.53. The highest BCUT2D eigenvalue weighted by atomic mass is 16.5. The van der Waals surface area contributed by atoms with Gasteiger partial charge in [0, 0.05) is 25.1 Å². The van der Waals surface area contributed by atoms with Crippen LogP contribution in [0.25, 0.3) is 0 Å². The first kappa shape index (κ1) is 17.4. The van der Waals surface area contributed by atoms with Crippen molar-refractivity contribution >= 4 is 11.8 Å². The monoisotopic (exact) mass is 337 g/mol. The molecule has 0 spiro atoms. The summed E-state index contributed by atoms with van der Waals surface area (Å²) < 4.78 is 5.38. The largest absolute Gasteiger partial charge is 0.464 e. The fourth-order valence-electron chi connectivity index (χ4n) is 3.30. The Balaban J connectivity index is 2.07. The molecule has 1 aliphatic rings. The zero-order valence-corrected chi connectivity index (χ0v) is 14.5. The Kier molecular flexibility index (Phi) is 5.29. The lowest BCUT2D eigenvalue weighted by molar-refractivity contribution is -0.157. The molecule has 2 aromatic carbocycles. The van der Waals surface area contributed by atoms with E-state index in [1.807, 2.05) is 53.4 Å². The number of ketones is 1. The molecule has 1 aliphatic heterocycles. The molecule has 0 amide bonds. The number of carbonyl (C=O) groups is 2. The number of hydrogen-bond acceptors (Lipinski definition) is 4. The van der Waals surface area contributed by atoms with Crippen molar-refractivity contribution in [3.63, 3.8) is 0 Å². The van der Waals surface area contributed by atoms with Crippen LogP contribution in [0.4, 0.5) is 0 Å². The van der Waals surface area contributed by atoms with Gasteiger partial charge in [0.2, 0.25) is 0 Å². The van der Waals surface area contributed by atoms with Gasteiger partial charge in [-0.2, -0.15) is 0 Å². The molecular weight excluding hydrogens is 314 g/mol. The van der Waals surface area contributed by atoms with E-state index in [4.69, 9.17) is 4.74 Å². The molecule has 1 saturated heterocycles. The first-order valence-electron chi connectivity index (χ1n) is 8.74. The third-order valence-corrected chi connectivity index (χ3v) is 4.72. The normalized spacial score (nSPS) is 16.5. The molecule has 1 atom stereocenters. The summed E-state index contributed by atoms with van der Waals surface area (Å²) >= 11 is 0.